The molecule has 2 aliphatic rings. The van der Waals surface area contributed by atoms with Crippen molar-refractivity contribution >= 4 is 5.69 Å². The topological polar surface area (TPSA) is 33.7 Å². The van der Waals surface area contributed by atoms with Gasteiger partial charge in [0, 0.05) is 38.5 Å². The summed E-state index contributed by atoms with van der Waals surface area (Å²) in [5, 5.41) is 3.64. The molecule has 4 heteroatoms. The summed E-state index contributed by atoms with van der Waals surface area (Å²) in [6.07, 6.45) is 3.07. The first kappa shape index (κ1) is 16.7. The lowest BCUT2D eigenvalue weighted by atomic mass is 10.0. The molecular formula is C19H30N2O2. The van der Waals surface area contributed by atoms with Crippen LogP contribution < -0.4 is 10.2 Å². The van der Waals surface area contributed by atoms with Gasteiger partial charge in [0.25, 0.3) is 0 Å². The van der Waals surface area contributed by atoms with Crippen LogP contribution in [0.25, 0.3) is 0 Å². The Hall–Kier alpha value is -1.10. The summed E-state index contributed by atoms with van der Waals surface area (Å²) in [6, 6.07) is 8.76. The maximum absolute atomic E-state index is 5.87. The van der Waals surface area contributed by atoms with E-state index in [0.717, 1.165) is 39.4 Å². The minimum absolute atomic E-state index is 0.291. The number of para-hydroxylation sites is 1. The van der Waals surface area contributed by atoms with E-state index in [2.05, 4.69) is 48.3 Å². The standard InChI is InChI=1S/C19H30N2O2/c1-15-12-21(13-16(2)23-15)19-8-4-3-7-18(19)11-20-10-17-6-5-9-22-14-17/h3-4,7-8,15-17,20H,5-6,9-14H2,1-2H3/t15-,16+,17-/m1/s1. The SMILES string of the molecule is C[C@@H]1CN(c2ccccc2CNC[C@H]2CCCOC2)C[C@H](C)O1. The van der Waals surface area contributed by atoms with E-state index in [0.29, 0.717) is 18.1 Å². The molecule has 0 aromatic heterocycles. The molecule has 3 atom stereocenters. The van der Waals surface area contributed by atoms with Crippen LogP contribution in [0.4, 0.5) is 5.69 Å². The zero-order chi connectivity index (χ0) is 16.1. The molecule has 0 saturated carbocycles. The van der Waals surface area contributed by atoms with Crippen molar-refractivity contribution in [3.63, 3.8) is 0 Å². The van der Waals surface area contributed by atoms with Gasteiger partial charge in [0.15, 0.2) is 0 Å². The van der Waals surface area contributed by atoms with E-state index >= 15 is 0 Å². The van der Waals surface area contributed by atoms with Gasteiger partial charge in [0.05, 0.1) is 18.8 Å². The van der Waals surface area contributed by atoms with Crippen LogP contribution in [0.1, 0.15) is 32.3 Å². The van der Waals surface area contributed by atoms with Gasteiger partial charge >= 0.3 is 0 Å². The predicted molar refractivity (Wildman–Crippen MR) is 93.9 cm³/mol. The minimum Gasteiger partial charge on any atom is -0.381 e. The molecule has 2 aliphatic heterocycles. The number of rotatable bonds is 5. The molecule has 0 bridgehead atoms. The van der Waals surface area contributed by atoms with Gasteiger partial charge in [-0.3, -0.25) is 0 Å². The third-order valence-electron chi connectivity index (χ3n) is 4.75. The van der Waals surface area contributed by atoms with Crippen molar-refractivity contribution in [3.8, 4) is 0 Å². The molecule has 1 aromatic carbocycles. The van der Waals surface area contributed by atoms with E-state index in [1.54, 1.807) is 0 Å². The van der Waals surface area contributed by atoms with Gasteiger partial charge in [0.1, 0.15) is 0 Å². The number of benzene rings is 1. The maximum atomic E-state index is 5.87. The van der Waals surface area contributed by atoms with Crippen molar-refractivity contribution in [2.24, 2.45) is 5.92 Å². The number of hydrogen-bond donors (Lipinski definition) is 1. The van der Waals surface area contributed by atoms with Gasteiger partial charge in [0.2, 0.25) is 0 Å². The Kier molecular flexibility index (Phi) is 5.92. The third-order valence-corrected chi connectivity index (χ3v) is 4.75. The fourth-order valence-corrected chi connectivity index (χ4v) is 3.72. The van der Waals surface area contributed by atoms with E-state index in [9.17, 15) is 0 Å². The van der Waals surface area contributed by atoms with Crippen LogP contribution in [0.15, 0.2) is 24.3 Å². The van der Waals surface area contributed by atoms with Crippen LogP contribution in [0.5, 0.6) is 0 Å². The quantitative estimate of drug-likeness (QED) is 0.905. The van der Waals surface area contributed by atoms with Gasteiger partial charge in [-0.2, -0.15) is 0 Å². The second-order valence-corrected chi connectivity index (χ2v) is 7.01. The van der Waals surface area contributed by atoms with Crippen molar-refractivity contribution in [2.75, 3.05) is 37.7 Å². The third kappa shape index (κ3) is 4.69. The molecule has 1 N–H and O–H groups in total. The van der Waals surface area contributed by atoms with Crippen LogP contribution in [-0.4, -0.2) is 45.1 Å². The molecule has 2 heterocycles. The van der Waals surface area contributed by atoms with Crippen molar-refractivity contribution in [3.05, 3.63) is 29.8 Å². The highest BCUT2D eigenvalue weighted by Crippen LogP contribution is 2.24. The summed E-state index contributed by atoms with van der Waals surface area (Å²) in [7, 11) is 0. The predicted octanol–water partition coefficient (Wildman–Crippen LogP) is 2.82. The highest BCUT2D eigenvalue weighted by atomic mass is 16.5. The Morgan fingerprint density at radius 1 is 1.17 bits per heavy atom. The lowest BCUT2D eigenvalue weighted by Gasteiger charge is -2.38. The zero-order valence-electron chi connectivity index (χ0n) is 14.5. The fourth-order valence-electron chi connectivity index (χ4n) is 3.72. The number of anilines is 1. The molecule has 2 saturated heterocycles. The van der Waals surface area contributed by atoms with Crippen molar-refractivity contribution in [1.82, 2.24) is 5.32 Å². The number of nitrogens with one attached hydrogen (secondary N) is 1. The van der Waals surface area contributed by atoms with E-state index < -0.39 is 0 Å². The van der Waals surface area contributed by atoms with Crippen LogP contribution >= 0.6 is 0 Å². The van der Waals surface area contributed by atoms with Crippen molar-refractivity contribution in [2.45, 2.75) is 45.4 Å². The highest BCUT2D eigenvalue weighted by molar-refractivity contribution is 5.54. The average molecular weight is 318 g/mol. The normalized spacial score (nSPS) is 28.8. The van der Waals surface area contributed by atoms with Gasteiger partial charge in [-0.1, -0.05) is 18.2 Å². The molecule has 3 rings (SSSR count). The molecule has 23 heavy (non-hydrogen) atoms. The average Bonchev–Trinajstić information content (AvgIpc) is 2.55. The number of hydrogen-bond acceptors (Lipinski definition) is 4. The molecule has 0 aliphatic carbocycles. The van der Waals surface area contributed by atoms with Gasteiger partial charge < -0.3 is 19.7 Å². The second-order valence-electron chi connectivity index (χ2n) is 7.01. The maximum Gasteiger partial charge on any atom is 0.0726 e. The fraction of sp³-hybridized carbons (Fsp3) is 0.684. The second kappa shape index (κ2) is 8.13. The van der Waals surface area contributed by atoms with Crippen molar-refractivity contribution in [1.29, 1.82) is 0 Å². The van der Waals surface area contributed by atoms with Gasteiger partial charge in [-0.25, -0.2) is 0 Å². The Morgan fingerprint density at radius 3 is 2.70 bits per heavy atom. The van der Waals surface area contributed by atoms with Gasteiger partial charge in [-0.05, 0) is 44.2 Å². The number of morpholine rings is 1. The Bertz CT molecular complexity index is 478. The summed E-state index contributed by atoms with van der Waals surface area (Å²) < 4.78 is 11.4. The van der Waals surface area contributed by atoms with Gasteiger partial charge in [-0.15, -0.1) is 0 Å². The minimum atomic E-state index is 0.291. The summed E-state index contributed by atoms with van der Waals surface area (Å²) in [6.45, 7) is 10.1. The van der Waals surface area contributed by atoms with Crippen molar-refractivity contribution < 1.29 is 9.47 Å². The molecular weight excluding hydrogens is 288 g/mol. The Balaban J connectivity index is 1.58. The first-order chi connectivity index (χ1) is 11.2. The number of nitrogens with zero attached hydrogens (tertiary/aromatic N) is 1. The van der Waals surface area contributed by atoms with E-state index in [-0.39, 0.29) is 0 Å². The largest absolute Gasteiger partial charge is 0.381 e. The number of ether oxygens (including phenoxy) is 2. The lowest BCUT2D eigenvalue weighted by molar-refractivity contribution is -0.00526. The summed E-state index contributed by atoms with van der Waals surface area (Å²) in [5.41, 5.74) is 2.73. The van der Waals surface area contributed by atoms with Crippen LogP contribution in [0.3, 0.4) is 0 Å². The molecule has 2 fully saturated rings. The molecule has 128 valence electrons. The lowest BCUT2D eigenvalue weighted by Crippen LogP contribution is -2.46. The molecule has 0 amide bonds. The summed E-state index contributed by atoms with van der Waals surface area (Å²) in [4.78, 5) is 2.47. The first-order valence-corrected chi connectivity index (χ1v) is 8.99. The van der Waals surface area contributed by atoms with Crippen LogP contribution in [-0.2, 0) is 16.0 Å². The van der Waals surface area contributed by atoms with E-state index in [1.165, 1.54) is 24.1 Å². The summed E-state index contributed by atoms with van der Waals surface area (Å²) in [5.74, 6) is 0.666. The monoisotopic (exact) mass is 318 g/mol. The molecule has 0 spiro atoms. The first-order valence-electron chi connectivity index (χ1n) is 8.99. The Morgan fingerprint density at radius 2 is 1.96 bits per heavy atom. The molecule has 4 nitrogen and oxygen atoms in total. The zero-order valence-corrected chi connectivity index (χ0v) is 14.5. The molecule has 0 radical (unpaired) electrons. The van der Waals surface area contributed by atoms with E-state index in [4.69, 9.17) is 9.47 Å². The van der Waals surface area contributed by atoms with Crippen LogP contribution in [0.2, 0.25) is 0 Å². The highest BCUT2D eigenvalue weighted by Gasteiger charge is 2.23. The molecule has 0 unspecified atom stereocenters. The smallest absolute Gasteiger partial charge is 0.0726 e. The van der Waals surface area contributed by atoms with E-state index in [1.807, 2.05) is 0 Å². The molecule has 1 aromatic rings. The Labute approximate surface area is 140 Å². The van der Waals surface area contributed by atoms with Crippen LogP contribution in [0, 0.1) is 5.92 Å². The summed E-state index contributed by atoms with van der Waals surface area (Å²) >= 11 is 0.